The van der Waals surface area contributed by atoms with Crippen molar-refractivity contribution in [2.45, 2.75) is 20.3 Å². The van der Waals surface area contributed by atoms with Gasteiger partial charge in [0.05, 0.1) is 5.02 Å². The minimum Gasteiger partial charge on any atom is -0.295 e. The molecule has 2 aromatic heterocycles. The monoisotopic (exact) mass is 365 g/mol. The number of allylic oxidation sites excluding steroid dienone is 2. The van der Waals surface area contributed by atoms with Crippen LogP contribution in [-0.4, -0.2) is 22.8 Å². The summed E-state index contributed by atoms with van der Waals surface area (Å²) in [6, 6.07) is 5.92. The van der Waals surface area contributed by atoms with Crippen LogP contribution in [0.2, 0.25) is 5.02 Å². The van der Waals surface area contributed by atoms with Crippen molar-refractivity contribution in [1.82, 2.24) is 4.98 Å². The molecule has 1 atom stereocenters. The van der Waals surface area contributed by atoms with Crippen LogP contribution in [0.15, 0.2) is 42.2 Å². The van der Waals surface area contributed by atoms with E-state index in [1.165, 1.54) is 0 Å². The van der Waals surface area contributed by atoms with Crippen molar-refractivity contribution in [1.29, 1.82) is 0 Å². The third-order valence-corrected chi connectivity index (χ3v) is 5.90. The van der Waals surface area contributed by atoms with Gasteiger partial charge in [-0.3, -0.25) is 9.78 Å². The van der Waals surface area contributed by atoms with E-state index in [9.17, 15) is 4.79 Å². The van der Waals surface area contributed by atoms with Crippen LogP contribution in [0.5, 0.6) is 0 Å². The SMILES string of the molecule is CSCC(C)C(=O)/C=C(\C)Cc1sc(-c2cccnc2)cc1Cl. The number of rotatable bonds is 7. The number of thiophene rings is 1. The van der Waals surface area contributed by atoms with E-state index in [1.807, 2.05) is 44.5 Å². The van der Waals surface area contributed by atoms with Crippen LogP contribution in [0.25, 0.3) is 10.4 Å². The third-order valence-electron chi connectivity index (χ3n) is 3.43. The molecule has 2 rings (SSSR count). The Morgan fingerprint density at radius 1 is 1.52 bits per heavy atom. The van der Waals surface area contributed by atoms with Gasteiger partial charge in [0.15, 0.2) is 5.78 Å². The summed E-state index contributed by atoms with van der Waals surface area (Å²) in [5.74, 6) is 1.11. The van der Waals surface area contributed by atoms with Gasteiger partial charge in [0, 0.05) is 45.8 Å². The zero-order valence-electron chi connectivity index (χ0n) is 13.5. The Kier molecular flexibility index (Phi) is 6.88. The smallest absolute Gasteiger partial charge is 0.159 e. The molecule has 5 heteroatoms. The number of hydrogen-bond donors (Lipinski definition) is 0. The first kappa shape index (κ1) is 18.2. The maximum absolute atomic E-state index is 12.1. The Morgan fingerprint density at radius 3 is 2.96 bits per heavy atom. The minimum absolute atomic E-state index is 0.0599. The predicted octanol–water partition coefficient (Wildman–Crippen LogP) is 5.52. The summed E-state index contributed by atoms with van der Waals surface area (Å²) in [5.41, 5.74) is 2.11. The number of thioether (sulfide) groups is 1. The molecule has 0 radical (unpaired) electrons. The second kappa shape index (κ2) is 8.67. The van der Waals surface area contributed by atoms with Crippen molar-refractivity contribution < 1.29 is 4.79 Å². The van der Waals surface area contributed by atoms with Gasteiger partial charge in [-0.1, -0.05) is 30.2 Å². The standard InChI is InChI=1S/C18H20ClNOS2/c1-12(7-16(21)13(2)11-22-3)8-18-15(19)9-17(23-18)14-5-4-6-20-10-14/h4-7,9-10,13H,8,11H2,1-3H3/b12-7+. The summed E-state index contributed by atoms with van der Waals surface area (Å²) < 4.78 is 0. The molecular weight excluding hydrogens is 346 g/mol. The van der Waals surface area contributed by atoms with Crippen molar-refractivity contribution in [2.75, 3.05) is 12.0 Å². The number of halogens is 1. The lowest BCUT2D eigenvalue weighted by atomic mass is 10.0. The predicted molar refractivity (Wildman–Crippen MR) is 103 cm³/mol. The number of ketones is 1. The highest BCUT2D eigenvalue weighted by atomic mass is 35.5. The molecule has 1 unspecified atom stereocenters. The number of carbonyl (C=O) groups is 1. The lowest BCUT2D eigenvalue weighted by molar-refractivity contribution is -0.117. The van der Waals surface area contributed by atoms with Crippen LogP contribution in [0.1, 0.15) is 18.7 Å². The van der Waals surface area contributed by atoms with Gasteiger partial charge in [-0.15, -0.1) is 11.3 Å². The molecule has 0 aliphatic heterocycles. The summed E-state index contributed by atoms with van der Waals surface area (Å²) in [6.45, 7) is 3.96. The average Bonchev–Trinajstić information content (AvgIpc) is 2.89. The summed E-state index contributed by atoms with van der Waals surface area (Å²) >= 11 is 9.72. The molecule has 2 heterocycles. The van der Waals surface area contributed by atoms with Crippen LogP contribution in [0, 0.1) is 5.92 Å². The molecule has 0 N–H and O–H groups in total. The van der Waals surface area contributed by atoms with Gasteiger partial charge in [0.25, 0.3) is 0 Å². The average molecular weight is 366 g/mol. The van der Waals surface area contributed by atoms with Crippen molar-refractivity contribution in [2.24, 2.45) is 5.92 Å². The highest BCUT2D eigenvalue weighted by Crippen LogP contribution is 2.35. The highest BCUT2D eigenvalue weighted by Gasteiger charge is 2.12. The van der Waals surface area contributed by atoms with Gasteiger partial charge in [0.2, 0.25) is 0 Å². The molecule has 2 aromatic rings. The van der Waals surface area contributed by atoms with E-state index in [2.05, 4.69) is 4.98 Å². The number of aromatic nitrogens is 1. The Morgan fingerprint density at radius 2 is 2.30 bits per heavy atom. The fourth-order valence-electron chi connectivity index (χ4n) is 2.20. The summed E-state index contributed by atoms with van der Waals surface area (Å²) in [6.07, 6.45) is 8.09. The second-order valence-electron chi connectivity index (χ2n) is 5.55. The first-order chi connectivity index (χ1) is 11.0. The maximum Gasteiger partial charge on any atom is 0.159 e. The molecule has 0 aliphatic rings. The van der Waals surface area contributed by atoms with Crippen molar-refractivity contribution in [3.8, 4) is 10.4 Å². The molecule has 0 bridgehead atoms. The van der Waals surface area contributed by atoms with E-state index in [0.717, 1.165) is 31.7 Å². The number of hydrogen-bond acceptors (Lipinski definition) is 4. The molecule has 2 nitrogen and oxygen atoms in total. The maximum atomic E-state index is 12.1. The van der Waals surface area contributed by atoms with E-state index in [4.69, 9.17) is 11.6 Å². The van der Waals surface area contributed by atoms with Crippen molar-refractivity contribution in [3.63, 3.8) is 0 Å². The van der Waals surface area contributed by atoms with Gasteiger partial charge < -0.3 is 0 Å². The number of pyridine rings is 1. The summed E-state index contributed by atoms with van der Waals surface area (Å²) in [4.78, 5) is 18.5. The van der Waals surface area contributed by atoms with Gasteiger partial charge in [-0.25, -0.2) is 0 Å². The van der Waals surface area contributed by atoms with E-state index < -0.39 is 0 Å². The number of nitrogens with zero attached hydrogens (tertiary/aromatic N) is 1. The fourth-order valence-corrected chi connectivity index (χ4v) is 4.36. The van der Waals surface area contributed by atoms with Gasteiger partial charge in [0.1, 0.15) is 0 Å². The van der Waals surface area contributed by atoms with Gasteiger partial charge in [-0.2, -0.15) is 11.8 Å². The first-order valence-corrected chi connectivity index (χ1v) is 9.98. The zero-order chi connectivity index (χ0) is 16.8. The molecule has 0 aliphatic carbocycles. The van der Waals surface area contributed by atoms with E-state index >= 15 is 0 Å². The Bertz CT molecular complexity index is 694. The molecule has 0 spiro atoms. The Balaban J connectivity index is 2.11. The lowest BCUT2D eigenvalue weighted by Crippen LogP contribution is -2.11. The van der Waals surface area contributed by atoms with Crippen LogP contribution >= 0.6 is 34.7 Å². The fraction of sp³-hybridized carbons (Fsp3) is 0.333. The molecule has 0 saturated carbocycles. The quantitative estimate of drug-likeness (QED) is 0.605. The van der Waals surface area contributed by atoms with Crippen molar-refractivity contribution in [3.05, 3.63) is 52.1 Å². The molecule has 0 fully saturated rings. The lowest BCUT2D eigenvalue weighted by Gasteiger charge is -2.06. The van der Waals surface area contributed by atoms with E-state index in [1.54, 1.807) is 35.4 Å². The van der Waals surface area contributed by atoms with Crippen molar-refractivity contribution >= 4 is 40.5 Å². The van der Waals surface area contributed by atoms with Crippen LogP contribution in [0.4, 0.5) is 0 Å². The molecule has 122 valence electrons. The Labute approximate surface area is 151 Å². The van der Waals surface area contributed by atoms with E-state index in [0.29, 0.717) is 6.42 Å². The normalized spacial score (nSPS) is 13.1. The molecule has 0 aromatic carbocycles. The molecule has 23 heavy (non-hydrogen) atoms. The second-order valence-corrected chi connectivity index (χ2v) is 8.00. The van der Waals surface area contributed by atoms with Crippen LogP contribution < -0.4 is 0 Å². The first-order valence-electron chi connectivity index (χ1n) is 7.39. The minimum atomic E-state index is 0.0599. The van der Waals surface area contributed by atoms with Crippen LogP contribution in [-0.2, 0) is 11.2 Å². The molecule has 0 amide bonds. The summed E-state index contributed by atoms with van der Waals surface area (Å²) in [7, 11) is 0. The molecular formula is C18H20ClNOS2. The zero-order valence-corrected chi connectivity index (χ0v) is 15.9. The third kappa shape index (κ3) is 5.20. The Hall–Kier alpha value is -1.10. The van der Waals surface area contributed by atoms with Gasteiger partial charge in [-0.05, 0) is 31.4 Å². The van der Waals surface area contributed by atoms with Gasteiger partial charge >= 0.3 is 0 Å². The van der Waals surface area contributed by atoms with Crippen LogP contribution in [0.3, 0.4) is 0 Å². The topological polar surface area (TPSA) is 30.0 Å². The van der Waals surface area contributed by atoms with E-state index in [-0.39, 0.29) is 11.7 Å². The number of carbonyl (C=O) groups excluding carboxylic acids is 1. The summed E-state index contributed by atoms with van der Waals surface area (Å²) in [5, 5.41) is 0.756. The largest absolute Gasteiger partial charge is 0.295 e. The molecule has 0 saturated heterocycles. The highest BCUT2D eigenvalue weighted by molar-refractivity contribution is 7.98.